The van der Waals surface area contributed by atoms with E-state index < -0.39 is 11.9 Å². The molecule has 1 rings (SSSR count). The van der Waals surface area contributed by atoms with Crippen LogP contribution < -0.4 is 0 Å². The van der Waals surface area contributed by atoms with Crippen molar-refractivity contribution in [1.82, 2.24) is 0 Å². The van der Waals surface area contributed by atoms with Crippen molar-refractivity contribution in [3.63, 3.8) is 0 Å². The number of carbonyl (C=O) groups excluding carboxylic acids is 2. The lowest BCUT2D eigenvalue weighted by Crippen LogP contribution is -2.17. The zero-order valence-corrected chi connectivity index (χ0v) is 11.2. The van der Waals surface area contributed by atoms with Crippen LogP contribution in [0.2, 0.25) is 0 Å². The van der Waals surface area contributed by atoms with E-state index in [1.807, 2.05) is 0 Å². The van der Waals surface area contributed by atoms with Crippen molar-refractivity contribution >= 4 is 11.9 Å². The average molecular weight is 250 g/mol. The fourth-order valence-electron chi connectivity index (χ4n) is 1.74. The number of carbonyl (C=O) groups is 2. The lowest BCUT2D eigenvalue weighted by Gasteiger charge is -2.13. The molecule has 0 unspecified atom stereocenters. The Morgan fingerprint density at radius 2 is 1.22 bits per heavy atom. The van der Waals surface area contributed by atoms with Crippen molar-refractivity contribution in [3.05, 3.63) is 34.4 Å². The molecule has 0 bridgehead atoms. The smallest absolute Gasteiger partial charge is 0.339 e. The molecule has 4 heteroatoms. The van der Waals surface area contributed by atoms with Crippen LogP contribution in [-0.4, -0.2) is 25.2 Å². The van der Waals surface area contributed by atoms with Gasteiger partial charge in [0.05, 0.1) is 24.3 Å². The van der Waals surface area contributed by atoms with E-state index in [4.69, 9.17) is 9.47 Å². The van der Waals surface area contributed by atoms with E-state index in [0.717, 1.165) is 0 Å². The molecular weight excluding hydrogens is 232 g/mol. The van der Waals surface area contributed by atoms with Crippen LogP contribution in [0.15, 0.2) is 12.1 Å². The second kappa shape index (κ2) is 6.19. The first-order valence-electron chi connectivity index (χ1n) is 5.97. The third-order valence-electron chi connectivity index (χ3n) is 2.58. The summed E-state index contributed by atoms with van der Waals surface area (Å²) >= 11 is 0. The molecule has 0 spiro atoms. The summed E-state index contributed by atoms with van der Waals surface area (Å²) in [5, 5.41) is 0. The number of hydrogen-bond acceptors (Lipinski definition) is 4. The van der Waals surface area contributed by atoms with Crippen LogP contribution in [0.5, 0.6) is 0 Å². The van der Waals surface area contributed by atoms with Crippen LogP contribution in [0.25, 0.3) is 0 Å². The molecule has 0 fully saturated rings. The zero-order chi connectivity index (χ0) is 13.7. The first kappa shape index (κ1) is 14.2. The molecule has 4 nitrogen and oxygen atoms in total. The van der Waals surface area contributed by atoms with Gasteiger partial charge in [-0.1, -0.05) is 12.1 Å². The van der Waals surface area contributed by atoms with Crippen LogP contribution in [0, 0.1) is 13.8 Å². The van der Waals surface area contributed by atoms with Gasteiger partial charge < -0.3 is 9.47 Å². The Balaban J connectivity index is 3.33. The van der Waals surface area contributed by atoms with Crippen molar-refractivity contribution in [3.8, 4) is 0 Å². The van der Waals surface area contributed by atoms with Gasteiger partial charge in [-0.05, 0) is 38.8 Å². The van der Waals surface area contributed by atoms with E-state index in [0.29, 0.717) is 22.3 Å². The number of rotatable bonds is 4. The van der Waals surface area contributed by atoms with Crippen molar-refractivity contribution in [2.24, 2.45) is 0 Å². The quantitative estimate of drug-likeness (QED) is 0.771. The van der Waals surface area contributed by atoms with Gasteiger partial charge >= 0.3 is 11.9 Å². The average Bonchev–Trinajstić information content (AvgIpc) is 2.32. The molecule has 98 valence electrons. The highest BCUT2D eigenvalue weighted by atomic mass is 16.5. The minimum absolute atomic E-state index is 0.272. The predicted molar refractivity (Wildman–Crippen MR) is 67.8 cm³/mol. The third-order valence-corrected chi connectivity index (χ3v) is 2.58. The Morgan fingerprint density at radius 3 is 1.50 bits per heavy atom. The molecule has 18 heavy (non-hydrogen) atoms. The fourth-order valence-corrected chi connectivity index (χ4v) is 1.74. The molecule has 0 aliphatic carbocycles. The molecule has 0 amide bonds. The van der Waals surface area contributed by atoms with Gasteiger partial charge in [-0.15, -0.1) is 0 Å². The molecule has 0 saturated carbocycles. The van der Waals surface area contributed by atoms with E-state index in [1.165, 1.54) is 0 Å². The SMILES string of the molecule is CCOC(=O)c1c(C)ccc(C)c1C(=O)OCC. The van der Waals surface area contributed by atoms with E-state index in [1.54, 1.807) is 39.8 Å². The summed E-state index contributed by atoms with van der Waals surface area (Å²) in [6.45, 7) is 7.55. The van der Waals surface area contributed by atoms with E-state index >= 15 is 0 Å². The highest BCUT2D eigenvalue weighted by Crippen LogP contribution is 2.21. The molecule has 1 aromatic rings. The molecule has 0 aliphatic heterocycles. The number of hydrogen-bond donors (Lipinski definition) is 0. The maximum absolute atomic E-state index is 11.9. The van der Waals surface area contributed by atoms with Crippen molar-refractivity contribution < 1.29 is 19.1 Å². The molecule has 1 aromatic carbocycles. The zero-order valence-electron chi connectivity index (χ0n) is 11.2. The Labute approximate surface area is 107 Å². The standard InChI is InChI=1S/C14H18O4/c1-5-17-13(15)11-9(3)7-8-10(4)12(11)14(16)18-6-2/h7-8H,5-6H2,1-4H3. The highest BCUT2D eigenvalue weighted by Gasteiger charge is 2.23. The third kappa shape index (κ3) is 2.88. The van der Waals surface area contributed by atoms with Crippen molar-refractivity contribution in [2.45, 2.75) is 27.7 Å². The topological polar surface area (TPSA) is 52.6 Å². The second-order valence-corrected chi connectivity index (χ2v) is 3.89. The van der Waals surface area contributed by atoms with Gasteiger partial charge in [0.1, 0.15) is 0 Å². The molecule has 0 saturated heterocycles. The minimum Gasteiger partial charge on any atom is -0.462 e. The monoisotopic (exact) mass is 250 g/mol. The Bertz CT molecular complexity index is 420. The van der Waals surface area contributed by atoms with Crippen molar-refractivity contribution in [1.29, 1.82) is 0 Å². The van der Waals surface area contributed by atoms with Gasteiger partial charge in [0.2, 0.25) is 0 Å². The van der Waals surface area contributed by atoms with Gasteiger partial charge in [-0.2, -0.15) is 0 Å². The lowest BCUT2D eigenvalue weighted by atomic mass is 9.97. The molecule has 0 N–H and O–H groups in total. The maximum atomic E-state index is 11.9. The van der Waals surface area contributed by atoms with Crippen LogP contribution >= 0.6 is 0 Å². The summed E-state index contributed by atoms with van der Waals surface area (Å²) in [5.41, 5.74) is 2.02. The van der Waals surface area contributed by atoms with Crippen LogP contribution in [0.1, 0.15) is 45.7 Å². The normalized spacial score (nSPS) is 10.0. The largest absolute Gasteiger partial charge is 0.462 e. The van der Waals surface area contributed by atoms with E-state index in [9.17, 15) is 9.59 Å². The maximum Gasteiger partial charge on any atom is 0.339 e. The number of aryl methyl sites for hydroxylation is 2. The van der Waals surface area contributed by atoms with Crippen LogP contribution in [0.4, 0.5) is 0 Å². The van der Waals surface area contributed by atoms with E-state index in [-0.39, 0.29) is 13.2 Å². The number of benzene rings is 1. The molecule has 0 heterocycles. The fraction of sp³-hybridized carbons (Fsp3) is 0.429. The summed E-state index contributed by atoms with van der Waals surface area (Å²) in [6, 6.07) is 3.59. The summed E-state index contributed by atoms with van der Waals surface area (Å²) in [7, 11) is 0. The lowest BCUT2D eigenvalue weighted by molar-refractivity contribution is 0.0477. The van der Waals surface area contributed by atoms with Gasteiger partial charge in [0.15, 0.2) is 0 Å². The van der Waals surface area contributed by atoms with Crippen LogP contribution in [0.3, 0.4) is 0 Å². The van der Waals surface area contributed by atoms with Gasteiger partial charge in [-0.25, -0.2) is 9.59 Å². The summed E-state index contributed by atoms with van der Waals surface area (Å²) in [4.78, 5) is 23.8. The Kier molecular flexibility index (Phi) is 4.89. The first-order valence-corrected chi connectivity index (χ1v) is 5.97. The number of esters is 2. The summed E-state index contributed by atoms with van der Waals surface area (Å²) < 4.78 is 9.97. The summed E-state index contributed by atoms with van der Waals surface area (Å²) in [6.07, 6.45) is 0. The first-order chi connectivity index (χ1) is 8.52. The Hall–Kier alpha value is -1.84. The van der Waals surface area contributed by atoms with Gasteiger partial charge in [0, 0.05) is 0 Å². The van der Waals surface area contributed by atoms with Gasteiger partial charge in [-0.3, -0.25) is 0 Å². The number of ether oxygens (including phenoxy) is 2. The Morgan fingerprint density at radius 1 is 0.889 bits per heavy atom. The van der Waals surface area contributed by atoms with Crippen LogP contribution in [-0.2, 0) is 9.47 Å². The molecule has 0 atom stereocenters. The van der Waals surface area contributed by atoms with Crippen molar-refractivity contribution in [2.75, 3.05) is 13.2 Å². The highest BCUT2D eigenvalue weighted by molar-refractivity contribution is 6.05. The molecular formula is C14H18O4. The molecule has 0 aliphatic rings. The second-order valence-electron chi connectivity index (χ2n) is 3.89. The predicted octanol–water partition coefficient (Wildman–Crippen LogP) is 2.66. The van der Waals surface area contributed by atoms with Gasteiger partial charge in [0.25, 0.3) is 0 Å². The molecule has 0 aromatic heterocycles. The summed E-state index contributed by atoms with van der Waals surface area (Å²) in [5.74, 6) is -0.969. The van der Waals surface area contributed by atoms with E-state index in [2.05, 4.69) is 0 Å². The minimum atomic E-state index is -0.484. The molecule has 0 radical (unpaired) electrons.